The molecule has 4 rings (SSSR count). The number of rotatable bonds is 7. The van der Waals surface area contributed by atoms with Crippen LogP contribution in [0.4, 0.5) is 0 Å². The summed E-state index contributed by atoms with van der Waals surface area (Å²) in [7, 11) is 0. The summed E-state index contributed by atoms with van der Waals surface area (Å²) in [6.45, 7) is -0.460. The van der Waals surface area contributed by atoms with Gasteiger partial charge in [0.2, 0.25) is 0 Å². The fourth-order valence-electron chi connectivity index (χ4n) is 4.36. The van der Waals surface area contributed by atoms with Gasteiger partial charge in [-0.3, -0.25) is 0 Å². The maximum absolute atomic E-state index is 12.6. The van der Waals surface area contributed by atoms with Crippen LogP contribution in [0.2, 0.25) is 0 Å². The van der Waals surface area contributed by atoms with E-state index in [1.165, 1.54) is 0 Å². The Morgan fingerprint density at radius 3 is 2.78 bits per heavy atom. The van der Waals surface area contributed by atoms with E-state index >= 15 is 0 Å². The van der Waals surface area contributed by atoms with E-state index in [0.717, 1.165) is 30.5 Å². The van der Waals surface area contributed by atoms with E-state index in [-0.39, 0.29) is 0 Å². The summed E-state index contributed by atoms with van der Waals surface area (Å²) in [5, 5.41) is 0. The molecule has 0 aliphatic heterocycles. The van der Waals surface area contributed by atoms with Crippen LogP contribution in [0.1, 0.15) is 41.6 Å². The third-order valence-electron chi connectivity index (χ3n) is 6.02. The molecule has 0 bridgehead atoms. The first-order valence-electron chi connectivity index (χ1n) is 10.6. The molecule has 1 aromatic carbocycles. The standard InChI is InChI=1S/C24H25N3O4S/c25-23(32)24(14-17-9-10-20-26-12-13-27(20)15-17)11-5-4-8-19(24)31-21(28)16-30-22(29)18-6-2-1-3-7-18/h1-3,6-7,9-10,12-13,15,19H,4-5,8,11,14,16H2,(H2,25,32). The molecule has 3 aromatic rings. The average Bonchev–Trinajstić information content (AvgIpc) is 3.27. The minimum Gasteiger partial charge on any atom is -0.459 e. The minimum absolute atomic E-state index is 0.335. The molecule has 1 aliphatic rings. The molecule has 2 unspecified atom stereocenters. The second-order valence-corrected chi connectivity index (χ2v) is 8.53. The molecule has 2 N–H and O–H groups in total. The lowest BCUT2D eigenvalue weighted by Crippen LogP contribution is -2.51. The molecule has 1 fully saturated rings. The third kappa shape index (κ3) is 4.65. The van der Waals surface area contributed by atoms with Gasteiger partial charge >= 0.3 is 11.9 Å². The quantitative estimate of drug-likeness (QED) is 0.434. The van der Waals surface area contributed by atoms with Gasteiger partial charge in [-0.1, -0.05) is 42.9 Å². The molecule has 0 radical (unpaired) electrons. The number of hydrogen-bond acceptors (Lipinski definition) is 6. The van der Waals surface area contributed by atoms with Gasteiger partial charge in [0.1, 0.15) is 11.8 Å². The molecular formula is C24H25N3O4S. The molecule has 2 aromatic heterocycles. The Kier molecular flexibility index (Phi) is 6.50. The Balaban J connectivity index is 1.47. The SMILES string of the molecule is NC(=S)C1(Cc2ccc3nccn3c2)CCCCC1OC(=O)COC(=O)c1ccccc1. The van der Waals surface area contributed by atoms with Gasteiger partial charge in [0.05, 0.1) is 16.0 Å². The number of ether oxygens (including phenoxy) is 2. The highest BCUT2D eigenvalue weighted by Crippen LogP contribution is 2.42. The van der Waals surface area contributed by atoms with Gasteiger partial charge in [-0.2, -0.15) is 0 Å². The van der Waals surface area contributed by atoms with E-state index in [9.17, 15) is 9.59 Å². The van der Waals surface area contributed by atoms with Crippen molar-refractivity contribution >= 4 is 34.8 Å². The van der Waals surface area contributed by atoms with E-state index < -0.39 is 30.1 Å². The lowest BCUT2D eigenvalue weighted by molar-refractivity contribution is -0.159. The second kappa shape index (κ2) is 9.48. The van der Waals surface area contributed by atoms with E-state index in [4.69, 9.17) is 27.4 Å². The number of carbonyl (C=O) groups excluding carboxylic acids is 2. The zero-order chi connectivity index (χ0) is 22.6. The van der Waals surface area contributed by atoms with E-state index in [0.29, 0.717) is 23.4 Å². The molecule has 0 amide bonds. The number of pyridine rings is 1. The van der Waals surface area contributed by atoms with Gasteiger partial charge in [0.15, 0.2) is 6.61 Å². The van der Waals surface area contributed by atoms with Crippen LogP contribution in [0.25, 0.3) is 5.65 Å². The highest BCUT2D eigenvalue weighted by Gasteiger charge is 2.46. The summed E-state index contributed by atoms with van der Waals surface area (Å²) >= 11 is 5.49. The monoisotopic (exact) mass is 451 g/mol. The number of hydrogen-bond donors (Lipinski definition) is 1. The van der Waals surface area contributed by atoms with Crippen LogP contribution in [0.15, 0.2) is 61.1 Å². The van der Waals surface area contributed by atoms with Crippen molar-refractivity contribution in [2.45, 2.75) is 38.2 Å². The van der Waals surface area contributed by atoms with Crippen molar-refractivity contribution in [2.75, 3.05) is 6.61 Å². The van der Waals surface area contributed by atoms with Gasteiger partial charge < -0.3 is 19.6 Å². The summed E-state index contributed by atoms with van der Waals surface area (Å²) in [4.78, 5) is 29.3. The molecule has 166 valence electrons. The highest BCUT2D eigenvalue weighted by molar-refractivity contribution is 7.80. The largest absolute Gasteiger partial charge is 0.459 e. The van der Waals surface area contributed by atoms with Crippen LogP contribution in [0, 0.1) is 5.41 Å². The van der Waals surface area contributed by atoms with Crippen molar-refractivity contribution in [2.24, 2.45) is 11.1 Å². The topological polar surface area (TPSA) is 95.9 Å². The minimum atomic E-state index is -0.652. The second-order valence-electron chi connectivity index (χ2n) is 8.09. The number of aromatic nitrogens is 2. The maximum Gasteiger partial charge on any atom is 0.344 e. The number of esters is 2. The van der Waals surface area contributed by atoms with Crippen LogP contribution in [-0.2, 0) is 20.7 Å². The number of nitrogens with zero attached hydrogens (tertiary/aromatic N) is 2. The van der Waals surface area contributed by atoms with Crippen LogP contribution < -0.4 is 5.73 Å². The Morgan fingerprint density at radius 2 is 2.00 bits per heavy atom. The number of thiocarbonyl (C=S) groups is 1. The van der Waals surface area contributed by atoms with Crippen molar-refractivity contribution in [3.63, 3.8) is 0 Å². The Bertz CT molecular complexity index is 1130. The molecule has 2 atom stereocenters. The number of imidazole rings is 1. The molecule has 8 heteroatoms. The zero-order valence-corrected chi connectivity index (χ0v) is 18.4. The number of nitrogens with two attached hydrogens (primary N) is 1. The first kappa shape index (κ1) is 22.0. The van der Waals surface area contributed by atoms with Gasteiger partial charge in [0, 0.05) is 18.6 Å². The summed E-state index contributed by atoms with van der Waals surface area (Å²) in [5.74, 6) is -1.17. The summed E-state index contributed by atoms with van der Waals surface area (Å²) in [6.07, 6.45) is 8.94. The van der Waals surface area contributed by atoms with Gasteiger partial charge in [-0.15, -0.1) is 0 Å². The van der Waals surface area contributed by atoms with Gasteiger partial charge in [-0.25, -0.2) is 14.6 Å². The Morgan fingerprint density at radius 1 is 1.19 bits per heavy atom. The van der Waals surface area contributed by atoms with Crippen molar-refractivity contribution in [1.29, 1.82) is 0 Å². The first-order chi connectivity index (χ1) is 15.5. The zero-order valence-electron chi connectivity index (χ0n) is 17.6. The fraction of sp³-hybridized carbons (Fsp3) is 0.333. The van der Waals surface area contributed by atoms with Gasteiger partial charge in [0.25, 0.3) is 0 Å². The van der Waals surface area contributed by atoms with E-state index in [1.54, 1.807) is 36.5 Å². The predicted molar refractivity (Wildman–Crippen MR) is 123 cm³/mol. The normalized spacial score (nSPS) is 20.6. The van der Waals surface area contributed by atoms with Crippen molar-refractivity contribution in [3.05, 3.63) is 72.2 Å². The Labute approximate surface area is 191 Å². The Hall–Kier alpha value is -3.26. The fourth-order valence-corrected chi connectivity index (χ4v) is 4.67. The molecule has 2 heterocycles. The molecule has 0 spiro atoms. The maximum atomic E-state index is 12.6. The predicted octanol–water partition coefficient (Wildman–Crippen LogP) is 3.49. The van der Waals surface area contributed by atoms with Gasteiger partial charge in [-0.05, 0) is 49.4 Å². The van der Waals surface area contributed by atoms with Crippen LogP contribution in [-0.4, -0.2) is 39.0 Å². The van der Waals surface area contributed by atoms with Crippen LogP contribution >= 0.6 is 12.2 Å². The molecule has 1 aliphatic carbocycles. The van der Waals surface area contributed by atoms with Crippen LogP contribution in [0.5, 0.6) is 0 Å². The molecule has 0 saturated heterocycles. The van der Waals surface area contributed by atoms with Crippen molar-refractivity contribution in [3.8, 4) is 0 Å². The summed E-state index contributed by atoms with van der Waals surface area (Å²) in [6, 6.07) is 12.5. The lowest BCUT2D eigenvalue weighted by atomic mass is 9.68. The highest BCUT2D eigenvalue weighted by atomic mass is 32.1. The van der Waals surface area contributed by atoms with Crippen molar-refractivity contribution < 1.29 is 19.1 Å². The first-order valence-corrected chi connectivity index (χ1v) is 11.0. The van der Waals surface area contributed by atoms with E-state index in [1.807, 2.05) is 28.9 Å². The number of benzene rings is 1. The lowest BCUT2D eigenvalue weighted by Gasteiger charge is -2.42. The molecule has 7 nitrogen and oxygen atoms in total. The third-order valence-corrected chi connectivity index (χ3v) is 6.43. The summed E-state index contributed by atoms with van der Waals surface area (Å²) < 4.78 is 12.9. The summed E-state index contributed by atoms with van der Waals surface area (Å²) in [5.41, 5.74) is 7.85. The van der Waals surface area contributed by atoms with Crippen LogP contribution in [0.3, 0.4) is 0 Å². The number of fused-ring (bicyclic) bond motifs is 1. The average molecular weight is 452 g/mol. The van der Waals surface area contributed by atoms with E-state index in [2.05, 4.69) is 4.98 Å². The molecular weight excluding hydrogens is 426 g/mol. The molecule has 32 heavy (non-hydrogen) atoms. The number of carbonyl (C=O) groups is 2. The molecule has 1 saturated carbocycles. The smallest absolute Gasteiger partial charge is 0.344 e. The van der Waals surface area contributed by atoms with Crippen molar-refractivity contribution in [1.82, 2.24) is 9.38 Å².